The average molecular weight is 408 g/mol. The minimum absolute atomic E-state index is 0. The van der Waals surface area contributed by atoms with E-state index in [1.54, 1.807) is 6.20 Å². The van der Waals surface area contributed by atoms with E-state index in [2.05, 4.69) is 16.4 Å². The summed E-state index contributed by atoms with van der Waals surface area (Å²) in [6.45, 7) is 0.606. The Balaban J connectivity index is 0.00000261. The average Bonchev–Trinajstić information content (AvgIpc) is 2.68. The summed E-state index contributed by atoms with van der Waals surface area (Å²) in [5, 5.41) is 3.94. The number of carbonyl (C=O) groups excluding carboxylic acids is 1. The van der Waals surface area contributed by atoms with E-state index in [0.717, 1.165) is 42.7 Å². The van der Waals surface area contributed by atoms with E-state index in [1.165, 1.54) is 5.56 Å². The highest BCUT2D eigenvalue weighted by Crippen LogP contribution is 2.39. The largest absolute Gasteiger partial charge is 0.353 e. The second-order valence-electron chi connectivity index (χ2n) is 7.20. The fourth-order valence-corrected chi connectivity index (χ4v) is 4.04. The summed E-state index contributed by atoms with van der Waals surface area (Å²) in [4.78, 5) is 16.3. The van der Waals surface area contributed by atoms with E-state index in [4.69, 9.17) is 17.3 Å². The lowest BCUT2D eigenvalue weighted by Gasteiger charge is -2.40. The molecule has 6 heteroatoms. The van der Waals surface area contributed by atoms with Crippen LogP contribution in [0.4, 0.5) is 0 Å². The highest BCUT2D eigenvalue weighted by Gasteiger charge is 2.36. The monoisotopic (exact) mass is 407 g/mol. The molecule has 2 aromatic rings. The van der Waals surface area contributed by atoms with Crippen molar-refractivity contribution in [3.8, 4) is 0 Å². The number of aryl methyl sites for hydroxylation is 1. The highest BCUT2D eigenvalue weighted by molar-refractivity contribution is 6.30. The number of hydrogen-bond acceptors (Lipinski definition) is 3. The third-order valence-electron chi connectivity index (χ3n) is 5.50. The van der Waals surface area contributed by atoms with Crippen molar-refractivity contribution in [2.45, 2.75) is 50.0 Å². The van der Waals surface area contributed by atoms with Crippen LogP contribution in [0, 0.1) is 0 Å². The van der Waals surface area contributed by atoms with E-state index in [9.17, 15) is 4.79 Å². The molecule has 3 rings (SSSR count). The Kier molecular flexibility index (Phi) is 8.08. The molecule has 0 radical (unpaired) electrons. The molecule has 0 atom stereocenters. The predicted molar refractivity (Wildman–Crippen MR) is 112 cm³/mol. The summed E-state index contributed by atoms with van der Waals surface area (Å²) >= 11 is 6.16. The van der Waals surface area contributed by atoms with Gasteiger partial charge in [-0.15, -0.1) is 12.4 Å². The fourth-order valence-electron chi connectivity index (χ4n) is 3.85. The van der Waals surface area contributed by atoms with E-state index >= 15 is 0 Å². The second kappa shape index (κ2) is 10.1. The van der Waals surface area contributed by atoms with Crippen LogP contribution in [0.1, 0.15) is 43.2 Å². The minimum atomic E-state index is -0.0260. The number of rotatable bonds is 6. The van der Waals surface area contributed by atoms with Gasteiger partial charge in [-0.2, -0.15) is 0 Å². The molecule has 0 saturated heterocycles. The van der Waals surface area contributed by atoms with Gasteiger partial charge >= 0.3 is 0 Å². The lowest BCUT2D eigenvalue weighted by molar-refractivity contribution is -0.122. The summed E-state index contributed by atoms with van der Waals surface area (Å²) in [5.74, 6) is 0.113. The van der Waals surface area contributed by atoms with Crippen molar-refractivity contribution in [2.24, 2.45) is 5.73 Å². The molecular formula is C21H27Cl2N3O. The van der Waals surface area contributed by atoms with Crippen LogP contribution in [-0.4, -0.2) is 23.5 Å². The SMILES string of the molecule is Cl.NC[C@]1(c2cccc(Cl)c2)CC[C@@H](NC(=O)CCc2cccnc2)CC1. The molecule has 4 nitrogen and oxygen atoms in total. The first kappa shape index (κ1) is 21.7. The van der Waals surface area contributed by atoms with Gasteiger partial charge in [0.15, 0.2) is 0 Å². The summed E-state index contributed by atoms with van der Waals surface area (Å²) in [6, 6.07) is 12.2. The Hall–Kier alpha value is -1.62. The molecule has 1 saturated carbocycles. The number of pyridine rings is 1. The minimum Gasteiger partial charge on any atom is -0.353 e. The quantitative estimate of drug-likeness (QED) is 0.758. The first-order valence-corrected chi connectivity index (χ1v) is 9.63. The zero-order valence-corrected chi connectivity index (χ0v) is 16.9. The van der Waals surface area contributed by atoms with Gasteiger partial charge in [0.05, 0.1) is 0 Å². The molecule has 1 aromatic heterocycles. The van der Waals surface area contributed by atoms with Crippen LogP contribution >= 0.6 is 24.0 Å². The number of nitrogens with two attached hydrogens (primary N) is 1. The molecule has 1 fully saturated rings. The number of benzene rings is 1. The maximum atomic E-state index is 12.3. The summed E-state index contributed by atoms with van der Waals surface area (Å²) in [7, 11) is 0. The molecule has 1 heterocycles. The van der Waals surface area contributed by atoms with Crippen LogP contribution in [-0.2, 0) is 16.6 Å². The van der Waals surface area contributed by atoms with Crippen molar-refractivity contribution in [3.05, 3.63) is 64.9 Å². The molecule has 1 aliphatic carbocycles. The van der Waals surface area contributed by atoms with Crippen LogP contribution in [0.25, 0.3) is 0 Å². The van der Waals surface area contributed by atoms with Crippen LogP contribution in [0.5, 0.6) is 0 Å². The molecule has 27 heavy (non-hydrogen) atoms. The van der Waals surface area contributed by atoms with E-state index < -0.39 is 0 Å². The summed E-state index contributed by atoms with van der Waals surface area (Å²) in [6.07, 6.45) is 8.61. The molecular weight excluding hydrogens is 381 g/mol. The molecule has 146 valence electrons. The van der Waals surface area contributed by atoms with E-state index in [1.807, 2.05) is 36.5 Å². The molecule has 1 aliphatic rings. The van der Waals surface area contributed by atoms with Gasteiger partial charge in [-0.25, -0.2) is 0 Å². The number of aromatic nitrogens is 1. The zero-order valence-electron chi connectivity index (χ0n) is 15.4. The Bertz CT molecular complexity index is 731. The van der Waals surface area contributed by atoms with Crippen molar-refractivity contribution in [1.29, 1.82) is 0 Å². The van der Waals surface area contributed by atoms with Crippen LogP contribution in [0.2, 0.25) is 5.02 Å². The summed E-state index contributed by atoms with van der Waals surface area (Å²) < 4.78 is 0. The molecule has 0 aliphatic heterocycles. The van der Waals surface area contributed by atoms with Gasteiger partial charge in [-0.1, -0.05) is 29.8 Å². The van der Waals surface area contributed by atoms with Crippen molar-refractivity contribution in [3.63, 3.8) is 0 Å². The van der Waals surface area contributed by atoms with Gasteiger partial charge in [0.25, 0.3) is 0 Å². The van der Waals surface area contributed by atoms with E-state index in [-0.39, 0.29) is 29.8 Å². The Morgan fingerprint density at radius 1 is 1.26 bits per heavy atom. The first-order valence-electron chi connectivity index (χ1n) is 9.26. The highest BCUT2D eigenvalue weighted by atomic mass is 35.5. The molecule has 1 amide bonds. The van der Waals surface area contributed by atoms with Crippen molar-refractivity contribution in [1.82, 2.24) is 10.3 Å². The maximum Gasteiger partial charge on any atom is 0.220 e. The lowest BCUT2D eigenvalue weighted by atomic mass is 9.68. The molecule has 0 unspecified atom stereocenters. The Morgan fingerprint density at radius 3 is 2.67 bits per heavy atom. The topological polar surface area (TPSA) is 68.0 Å². The van der Waals surface area contributed by atoms with Crippen LogP contribution in [0.3, 0.4) is 0 Å². The predicted octanol–water partition coefficient (Wildman–Crippen LogP) is 4.04. The van der Waals surface area contributed by atoms with Crippen LogP contribution < -0.4 is 11.1 Å². The third-order valence-corrected chi connectivity index (χ3v) is 5.73. The number of carbonyl (C=O) groups is 1. The first-order chi connectivity index (χ1) is 12.6. The van der Waals surface area contributed by atoms with Crippen molar-refractivity contribution < 1.29 is 4.79 Å². The number of amides is 1. The molecule has 1 aromatic carbocycles. The lowest BCUT2D eigenvalue weighted by Crippen LogP contribution is -2.45. The standard InChI is InChI=1S/C21H26ClN3O.ClH/c22-18-5-1-4-17(13-18)21(15-23)10-8-19(9-11-21)25-20(26)7-6-16-3-2-12-24-14-16;/h1-5,12-14,19H,6-11,15,23H2,(H,25,26);1H/t19-,21+;. The Morgan fingerprint density at radius 2 is 2.04 bits per heavy atom. The van der Waals surface area contributed by atoms with Gasteiger partial charge in [0.2, 0.25) is 5.91 Å². The van der Waals surface area contributed by atoms with Gasteiger partial charge in [-0.3, -0.25) is 9.78 Å². The smallest absolute Gasteiger partial charge is 0.220 e. The fraction of sp³-hybridized carbons (Fsp3) is 0.429. The molecule has 3 N–H and O–H groups in total. The number of halogens is 2. The van der Waals surface area contributed by atoms with Crippen molar-refractivity contribution >= 4 is 29.9 Å². The number of nitrogens with zero attached hydrogens (tertiary/aromatic N) is 1. The zero-order chi connectivity index (χ0) is 18.4. The Labute approximate surface area is 172 Å². The van der Waals surface area contributed by atoms with Crippen molar-refractivity contribution in [2.75, 3.05) is 6.54 Å². The van der Waals surface area contributed by atoms with Crippen LogP contribution in [0.15, 0.2) is 48.8 Å². The number of hydrogen-bond donors (Lipinski definition) is 2. The maximum absolute atomic E-state index is 12.3. The number of nitrogens with one attached hydrogen (secondary N) is 1. The van der Waals surface area contributed by atoms with Gasteiger partial charge < -0.3 is 11.1 Å². The van der Waals surface area contributed by atoms with E-state index in [0.29, 0.717) is 13.0 Å². The molecule has 0 bridgehead atoms. The normalized spacial score (nSPS) is 21.9. The molecule has 0 spiro atoms. The summed E-state index contributed by atoms with van der Waals surface area (Å²) in [5.41, 5.74) is 8.43. The third kappa shape index (κ3) is 5.68. The van der Waals surface area contributed by atoms with Gasteiger partial charge in [0, 0.05) is 41.8 Å². The second-order valence-corrected chi connectivity index (χ2v) is 7.63. The van der Waals surface area contributed by atoms with Gasteiger partial charge in [0.1, 0.15) is 0 Å². The van der Waals surface area contributed by atoms with Gasteiger partial charge in [-0.05, 0) is 61.4 Å².